The Morgan fingerprint density at radius 1 is 0.456 bits per heavy atom. The third kappa shape index (κ3) is 23.8. The molecule has 0 saturated heterocycles. The molecule has 7 aromatic carbocycles. The van der Waals surface area contributed by atoms with Gasteiger partial charge in [-0.05, 0) is 196 Å². The van der Waals surface area contributed by atoms with E-state index in [1.165, 1.54) is 46.0 Å². The Labute approximate surface area is 643 Å². The van der Waals surface area contributed by atoms with Gasteiger partial charge in [0.1, 0.15) is 31.1 Å². The van der Waals surface area contributed by atoms with E-state index in [2.05, 4.69) is 25.5 Å². The van der Waals surface area contributed by atoms with Crippen LogP contribution in [-0.2, 0) is 36.8 Å². The number of esters is 1. The number of aliphatic carboxylic acids is 2. The summed E-state index contributed by atoms with van der Waals surface area (Å²) >= 11 is 46.6. The minimum atomic E-state index is -0.864. The number of carbonyl (C=O) groups excluding carboxylic acids is 2. The summed E-state index contributed by atoms with van der Waals surface area (Å²) < 4.78 is 14.3. The van der Waals surface area contributed by atoms with E-state index in [1.54, 1.807) is 67.9 Å². The Kier molecular flexibility index (Phi) is 29.4. The predicted molar refractivity (Wildman–Crippen MR) is 419 cm³/mol. The molecular weight excluding hydrogens is 1510 g/mol. The molecule has 0 aliphatic carbocycles. The molecule has 0 aliphatic heterocycles. The highest BCUT2D eigenvalue weighted by atomic mass is 35.5. The molecule has 0 atom stereocenters. The second kappa shape index (κ2) is 37.8. The summed E-state index contributed by atoms with van der Waals surface area (Å²) in [6.45, 7) is 15.4. The lowest BCUT2D eigenvalue weighted by Crippen LogP contribution is -2.25. The van der Waals surface area contributed by atoms with E-state index < -0.39 is 17.5 Å². The van der Waals surface area contributed by atoms with E-state index in [-0.39, 0.29) is 47.4 Å². The molecule has 0 fully saturated rings. The molecule has 12 aromatic rings. The number of aromatic nitrogens is 10. The highest BCUT2D eigenvalue weighted by molar-refractivity contribution is 8.00. The van der Waals surface area contributed by atoms with Crippen LogP contribution in [-0.4, -0.2) is 106 Å². The van der Waals surface area contributed by atoms with Crippen LogP contribution in [0.2, 0.25) is 30.1 Å². The number of carboxylic acids is 2. The topological polar surface area (TPSA) is 230 Å². The van der Waals surface area contributed by atoms with Crippen LogP contribution in [0.4, 0.5) is 0 Å². The number of Topliss-reactive ketones (excluding diaryl/α,β-unsaturated/α-hetero) is 1. The van der Waals surface area contributed by atoms with Crippen molar-refractivity contribution >= 4 is 141 Å². The zero-order valence-electron chi connectivity index (χ0n) is 56.8. The van der Waals surface area contributed by atoms with Crippen molar-refractivity contribution in [1.29, 1.82) is 0 Å². The number of carbonyl (C=O) groups is 4. The van der Waals surface area contributed by atoms with Crippen molar-refractivity contribution in [2.24, 2.45) is 0 Å². The van der Waals surface area contributed by atoms with Crippen LogP contribution in [0.25, 0.3) is 39.6 Å². The second-order valence-electron chi connectivity index (χ2n) is 23.9. The first kappa shape index (κ1) is 80.2. The number of ether oxygens (including phenoxy) is 1. The number of thioether (sulfide) groups is 3. The molecule has 18 nitrogen and oxygen atoms in total. The quantitative estimate of drug-likeness (QED) is 0.0335. The number of aryl methyl sites for hydroxylation is 5. The molecule has 0 bridgehead atoms. The molecule has 0 amide bonds. The van der Waals surface area contributed by atoms with E-state index in [0.29, 0.717) is 35.8 Å². The lowest BCUT2D eigenvalue weighted by atomic mass is 10.0. The predicted octanol–water partition coefficient (Wildman–Crippen LogP) is 19.6. The molecule has 0 saturated carbocycles. The summed E-state index contributed by atoms with van der Waals surface area (Å²) in [4.78, 5) is 57.3. The number of ketones is 1. The molecule has 5 heterocycles. The van der Waals surface area contributed by atoms with Gasteiger partial charge < -0.3 is 20.0 Å². The van der Waals surface area contributed by atoms with Crippen LogP contribution in [0.5, 0.6) is 0 Å². The average molecular weight is 1580 g/mol. The summed E-state index contributed by atoms with van der Waals surface area (Å²) in [6.07, 6.45) is 8.58. The first-order chi connectivity index (χ1) is 49.0. The van der Waals surface area contributed by atoms with Crippen molar-refractivity contribution in [3.05, 3.63) is 279 Å². The first-order valence-corrected chi connectivity index (χ1v) is 37.0. The van der Waals surface area contributed by atoms with E-state index in [0.717, 1.165) is 92.5 Å². The van der Waals surface area contributed by atoms with Crippen molar-refractivity contribution in [3.8, 4) is 39.6 Å². The van der Waals surface area contributed by atoms with Gasteiger partial charge in [0.05, 0.1) is 95.8 Å². The summed E-state index contributed by atoms with van der Waals surface area (Å²) in [7, 11) is 0. The number of halogens is 6. The van der Waals surface area contributed by atoms with Crippen LogP contribution in [0.15, 0.2) is 215 Å². The van der Waals surface area contributed by atoms with Gasteiger partial charge in [-0.15, -0.1) is 0 Å². The standard InChI is InChI=1S/C27H22Cl2N2O3S.C16H19ClN2O2S.C12H11ClN2O2S.C10H9ClN2O.C10H9ClN2S/c1-17-2-9-25(24(29)12-17)31-26(10-11-30-31)35-16-22(32)14-21-8-7-20(15-23(21)28)19-5-3-18(4-6-19)13-27(33)34;1-11-5-6-13(12(17)9-11)19-14(7-8-18-19)22-10-15(20)21-16(2,3)4;1-8-2-3-10(9(13)6-8)15-11(4-5-14-15)18-7-12(16)17;2*1-7-2-3-9(8(11)6-7)13-10(14)4-5-12-13/h2-12,15H,13-14,16H2,1H3,(H,33,34);5-9H,10H2,1-4H3;2-6H,7H2,1H3,(H,16,17);2*2-6,12H,1H3. The number of hydrogen-bond donors (Lipinski definition) is 4. The van der Waals surface area contributed by atoms with Gasteiger partial charge in [0, 0.05) is 29.9 Å². The van der Waals surface area contributed by atoms with Crippen LogP contribution in [0, 0.1) is 39.3 Å². The Hall–Kier alpha value is -8.52. The largest absolute Gasteiger partial charge is 0.481 e. The highest BCUT2D eigenvalue weighted by Crippen LogP contribution is 2.33. The Bertz CT molecular complexity index is 4980. The monoisotopic (exact) mass is 1580 g/mol. The number of aromatic amines is 2. The molecule has 103 heavy (non-hydrogen) atoms. The van der Waals surface area contributed by atoms with Gasteiger partial charge in [0.25, 0.3) is 5.56 Å². The second-order valence-corrected chi connectivity index (χ2v) is 29.8. The first-order valence-electron chi connectivity index (χ1n) is 31.4. The lowest BCUT2D eigenvalue weighted by molar-refractivity contribution is -0.151. The lowest BCUT2D eigenvalue weighted by Gasteiger charge is -2.19. The number of nitrogens with one attached hydrogen (secondary N) is 2. The maximum atomic E-state index is 12.7. The van der Waals surface area contributed by atoms with Crippen molar-refractivity contribution in [2.75, 3.05) is 17.3 Å². The smallest absolute Gasteiger partial charge is 0.316 e. The van der Waals surface area contributed by atoms with Crippen molar-refractivity contribution in [1.82, 2.24) is 48.9 Å². The van der Waals surface area contributed by atoms with Crippen LogP contribution in [0.3, 0.4) is 0 Å². The van der Waals surface area contributed by atoms with Crippen LogP contribution in [0.1, 0.15) is 59.7 Å². The zero-order chi connectivity index (χ0) is 74.7. The van der Waals surface area contributed by atoms with E-state index in [9.17, 15) is 24.0 Å². The maximum Gasteiger partial charge on any atom is 0.316 e. The molecule has 0 spiro atoms. The fourth-order valence-electron chi connectivity index (χ4n) is 9.62. The number of carboxylic acid groups (broad SMARTS) is 2. The van der Waals surface area contributed by atoms with Gasteiger partial charge in [0.2, 0.25) is 0 Å². The Morgan fingerprint density at radius 3 is 1.23 bits per heavy atom. The summed E-state index contributed by atoms with van der Waals surface area (Å²) in [6, 6.07) is 50.3. The number of benzene rings is 7. The fourth-order valence-corrected chi connectivity index (χ4v) is 14.0. The maximum absolute atomic E-state index is 12.7. The van der Waals surface area contributed by atoms with Crippen molar-refractivity contribution < 1.29 is 34.1 Å². The number of hydrogen-bond acceptors (Lipinski definition) is 13. The average Bonchev–Trinajstić information content (AvgIpc) is 1.78. The number of rotatable bonds is 19. The third-order valence-electron chi connectivity index (χ3n) is 14.4. The van der Waals surface area contributed by atoms with Gasteiger partial charge in [-0.2, -0.15) is 15.3 Å². The van der Waals surface area contributed by atoms with Crippen LogP contribution >= 0.6 is 117 Å². The fraction of sp³-hybridized carbons (Fsp3) is 0.187. The number of H-pyrrole nitrogens is 2. The molecule has 0 radical (unpaired) electrons. The minimum absolute atomic E-state index is 0.00479. The third-order valence-corrected chi connectivity index (χ3v) is 19.6. The van der Waals surface area contributed by atoms with Crippen LogP contribution < -0.4 is 5.56 Å². The molecular formula is C75H70Cl6N10O8S4. The van der Waals surface area contributed by atoms with Gasteiger partial charge in [-0.1, -0.05) is 184 Å². The number of nitrogens with zero attached hydrogens (tertiary/aromatic N) is 8. The van der Waals surface area contributed by atoms with Crippen molar-refractivity contribution in [2.45, 2.75) is 88.9 Å². The van der Waals surface area contributed by atoms with E-state index in [1.807, 2.05) is 195 Å². The normalized spacial score (nSPS) is 10.9. The summed E-state index contributed by atoms with van der Waals surface area (Å²) in [5.41, 5.74) is 12.0. The molecule has 0 unspecified atom stereocenters. The molecule has 4 N–H and O–H groups in total. The van der Waals surface area contributed by atoms with E-state index >= 15 is 0 Å². The Morgan fingerprint density at radius 2 is 0.854 bits per heavy atom. The van der Waals surface area contributed by atoms with Gasteiger partial charge >= 0.3 is 17.9 Å². The SMILES string of the molecule is Cc1ccc(-n2[nH]ccc2=O)c(Cl)c1.Cc1ccc(-n2[nH]ccc2=S)c(Cl)c1.Cc1ccc(-n2nccc2SCC(=O)Cc2ccc(-c3ccc(CC(=O)O)cc3)cc2Cl)c(Cl)c1.Cc1ccc(-n2nccc2SCC(=O)O)c(Cl)c1.Cc1ccc(-n2nccc2SCC(=O)OC(C)(C)C)c(Cl)c1. The molecule has 0 aliphatic rings. The highest BCUT2D eigenvalue weighted by Gasteiger charge is 2.20. The van der Waals surface area contributed by atoms with Gasteiger partial charge in [-0.3, -0.25) is 29.1 Å². The van der Waals surface area contributed by atoms with Gasteiger partial charge in [-0.25, -0.2) is 23.4 Å². The summed E-state index contributed by atoms with van der Waals surface area (Å²) in [5.74, 6) is -1.43. The zero-order valence-corrected chi connectivity index (χ0v) is 64.6. The summed E-state index contributed by atoms with van der Waals surface area (Å²) in [5, 5.41) is 42.3. The molecule has 12 rings (SSSR count). The molecule has 534 valence electrons. The Balaban J connectivity index is 0.000000172. The molecule has 5 aromatic heterocycles. The van der Waals surface area contributed by atoms with Crippen molar-refractivity contribution in [3.63, 3.8) is 0 Å². The van der Waals surface area contributed by atoms with Gasteiger partial charge in [0.15, 0.2) is 0 Å². The molecule has 28 heteroatoms. The van der Waals surface area contributed by atoms with E-state index in [4.69, 9.17) is 96.8 Å². The minimum Gasteiger partial charge on any atom is -0.481 e.